The summed E-state index contributed by atoms with van der Waals surface area (Å²) in [5, 5.41) is 0. The first-order valence-electron chi connectivity index (χ1n) is 8.48. The summed E-state index contributed by atoms with van der Waals surface area (Å²) in [6.45, 7) is 2.65. The van der Waals surface area contributed by atoms with Crippen molar-refractivity contribution in [3.05, 3.63) is 88.3 Å². The third kappa shape index (κ3) is 3.24. The van der Waals surface area contributed by atoms with E-state index in [0.717, 1.165) is 6.42 Å². The molecular weight excluding hydrogens is 328 g/mol. The van der Waals surface area contributed by atoms with Gasteiger partial charge >= 0.3 is 6.08 Å². The number of nitrogens with zero attached hydrogens (tertiary/aromatic N) is 2. The van der Waals surface area contributed by atoms with E-state index in [1.165, 1.54) is 11.1 Å². The normalized spacial score (nSPS) is 11.0. The lowest BCUT2D eigenvalue weighted by atomic mass is 10.1. The van der Waals surface area contributed by atoms with Gasteiger partial charge in [0, 0.05) is 12.7 Å². The van der Waals surface area contributed by atoms with Gasteiger partial charge in [-0.2, -0.15) is 4.98 Å². The Kier molecular flexibility index (Phi) is 4.27. The molecule has 0 aliphatic carbocycles. The fraction of sp³-hybridized carbons (Fsp3) is 0.143. The van der Waals surface area contributed by atoms with Crippen molar-refractivity contribution < 1.29 is 9.15 Å². The Morgan fingerprint density at radius 3 is 2.69 bits per heavy atom. The molecule has 2 aromatic heterocycles. The molecule has 0 saturated carbocycles. The number of para-hydroxylation sites is 2. The second-order valence-electron chi connectivity index (χ2n) is 6.10. The van der Waals surface area contributed by atoms with Crippen molar-refractivity contribution in [3.63, 3.8) is 0 Å². The highest BCUT2D eigenvalue weighted by Crippen LogP contribution is 2.23. The summed E-state index contributed by atoms with van der Waals surface area (Å²) in [5.74, 6) is 0.198. The molecule has 5 heteroatoms. The van der Waals surface area contributed by atoms with Crippen LogP contribution in [0.15, 0.2) is 76.1 Å². The molecule has 4 rings (SSSR count). The van der Waals surface area contributed by atoms with Crippen molar-refractivity contribution >= 4 is 11.1 Å². The number of hydrogen-bond donors (Lipinski definition) is 0. The molecule has 0 atom stereocenters. The molecule has 2 aromatic carbocycles. The SMILES string of the molecule is Cc1ccccc1CCn1cccc(Oc2nc3ccccc3o2)c1=O. The van der Waals surface area contributed by atoms with Gasteiger partial charge in [-0.15, -0.1) is 0 Å². The van der Waals surface area contributed by atoms with E-state index >= 15 is 0 Å². The van der Waals surface area contributed by atoms with Crippen LogP contribution in [0.3, 0.4) is 0 Å². The molecule has 0 fully saturated rings. The van der Waals surface area contributed by atoms with Crippen LogP contribution in [0.5, 0.6) is 11.8 Å². The Balaban J connectivity index is 1.55. The zero-order valence-electron chi connectivity index (χ0n) is 14.4. The molecule has 0 aliphatic heterocycles. The number of fused-ring (bicyclic) bond motifs is 1. The van der Waals surface area contributed by atoms with Gasteiger partial charge in [-0.25, -0.2) is 0 Å². The topological polar surface area (TPSA) is 57.3 Å². The number of pyridine rings is 1. The second-order valence-corrected chi connectivity index (χ2v) is 6.10. The monoisotopic (exact) mass is 346 g/mol. The highest BCUT2D eigenvalue weighted by Gasteiger charge is 2.11. The number of aryl methyl sites for hydroxylation is 3. The Morgan fingerprint density at radius 2 is 1.85 bits per heavy atom. The molecule has 4 aromatic rings. The number of benzene rings is 2. The van der Waals surface area contributed by atoms with E-state index in [-0.39, 0.29) is 17.4 Å². The van der Waals surface area contributed by atoms with Gasteiger partial charge in [0.1, 0.15) is 5.52 Å². The zero-order chi connectivity index (χ0) is 17.9. The van der Waals surface area contributed by atoms with Crippen LogP contribution in [0.2, 0.25) is 0 Å². The van der Waals surface area contributed by atoms with E-state index in [9.17, 15) is 4.79 Å². The number of hydrogen-bond acceptors (Lipinski definition) is 4. The van der Waals surface area contributed by atoms with Crippen LogP contribution >= 0.6 is 0 Å². The van der Waals surface area contributed by atoms with Gasteiger partial charge in [0.15, 0.2) is 11.3 Å². The van der Waals surface area contributed by atoms with Gasteiger partial charge in [0.25, 0.3) is 5.56 Å². The Morgan fingerprint density at radius 1 is 1.04 bits per heavy atom. The number of rotatable bonds is 5. The van der Waals surface area contributed by atoms with Crippen molar-refractivity contribution in [2.45, 2.75) is 19.9 Å². The van der Waals surface area contributed by atoms with Crippen LogP contribution in [0, 0.1) is 6.92 Å². The highest BCUT2D eigenvalue weighted by atomic mass is 16.6. The standard InChI is InChI=1S/C21H18N2O3/c1-15-7-2-3-8-16(15)12-14-23-13-6-11-19(20(23)24)26-21-22-17-9-4-5-10-18(17)25-21/h2-11,13H,12,14H2,1H3. The quantitative estimate of drug-likeness (QED) is 0.540. The van der Waals surface area contributed by atoms with Gasteiger partial charge in [-0.05, 0) is 48.7 Å². The maximum atomic E-state index is 12.7. The first kappa shape index (κ1) is 16.1. The molecule has 0 amide bonds. The van der Waals surface area contributed by atoms with Crippen LogP contribution in [-0.4, -0.2) is 9.55 Å². The molecule has 0 radical (unpaired) electrons. The molecule has 0 spiro atoms. The number of ether oxygens (including phenoxy) is 1. The van der Waals surface area contributed by atoms with E-state index in [1.807, 2.05) is 30.3 Å². The summed E-state index contributed by atoms with van der Waals surface area (Å²) in [6, 6.07) is 19.0. The van der Waals surface area contributed by atoms with E-state index in [1.54, 1.807) is 29.0 Å². The van der Waals surface area contributed by atoms with Crippen LogP contribution in [0.25, 0.3) is 11.1 Å². The van der Waals surface area contributed by atoms with Crippen LogP contribution in [-0.2, 0) is 13.0 Å². The van der Waals surface area contributed by atoms with E-state index in [0.29, 0.717) is 17.6 Å². The average Bonchev–Trinajstić information content (AvgIpc) is 3.06. The molecule has 0 aliphatic rings. The predicted octanol–water partition coefficient (Wildman–Crippen LogP) is 4.33. The van der Waals surface area contributed by atoms with Gasteiger partial charge in [-0.3, -0.25) is 4.79 Å². The molecule has 2 heterocycles. The molecule has 5 nitrogen and oxygen atoms in total. The zero-order valence-corrected chi connectivity index (χ0v) is 14.4. The molecular formula is C21H18N2O3. The average molecular weight is 346 g/mol. The minimum atomic E-state index is -0.205. The molecule has 0 N–H and O–H groups in total. The largest absolute Gasteiger partial charge is 0.409 e. The van der Waals surface area contributed by atoms with Gasteiger partial charge in [0.2, 0.25) is 0 Å². The fourth-order valence-electron chi connectivity index (χ4n) is 2.89. The van der Waals surface area contributed by atoms with E-state index < -0.39 is 0 Å². The van der Waals surface area contributed by atoms with Crippen molar-refractivity contribution in [2.75, 3.05) is 0 Å². The smallest absolute Gasteiger partial charge is 0.400 e. The molecule has 0 unspecified atom stereocenters. The van der Waals surface area contributed by atoms with Crippen molar-refractivity contribution in [3.8, 4) is 11.8 Å². The molecule has 130 valence electrons. The van der Waals surface area contributed by atoms with Gasteiger partial charge < -0.3 is 13.7 Å². The van der Waals surface area contributed by atoms with Gasteiger partial charge in [0.05, 0.1) is 0 Å². The highest BCUT2D eigenvalue weighted by molar-refractivity contribution is 5.72. The second kappa shape index (κ2) is 6.88. The third-order valence-corrected chi connectivity index (χ3v) is 4.34. The van der Waals surface area contributed by atoms with Crippen LogP contribution in [0.1, 0.15) is 11.1 Å². The minimum absolute atomic E-state index is 0.0694. The summed E-state index contributed by atoms with van der Waals surface area (Å²) in [6.07, 6.45) is 2.61. The molecule has 0 saturated heterocycles. The summed E-state index contributed by atoms with van der Waals surface area (Å²) >= 11 is 0. The van der Waals surface area contributed by atoms with Crippen LogP contribution in [0.4, 0.5) is 0 Å². The number of oxazole rings is 1. The maximum Gasteiger partial charge on any atom is 0.400 e. The fourth-order valence-corrected chi connectivity index (χ4v) is 2.89. The minimum Gasteiger partial charge on any atom is -0.409 e. The summed E-state index contributed by atoms with van der Waals surface area (Å²) in [5.41, 5.74) is 3.56. The Bertz CT molecular complexity index is 1080. The first-order chi connectivity index (χ1) is 12.7. The van der Waals surface area contributed by atoms with E-state index in [2.05, 4.69) is 24.0 Å². The summed E-state index contributed by atoms with van der Waals surface area (Å²) in [7, 11) is 0. The first-order valence-corrected chi connectivity index (χ1v) is 8.48. The summed E-state index contributed by atoms with van der Waals surface area (Å²) < 4.78 is 12.8. The Labute approximate surface area is 150 Å². The van der Waals surface area contributed by atoms with Crippen molar-refractivity contribution in [1.82, 2.24) is 9.55 Å². The Hall–Kier alpha value is -3.34. The van der Waals surface area contributed by atoms with Gasteiger partial charge in [-0.1, -0.05) is 36.4 Å². The lowest BCUT2D eigenvalue weighted by molar-refractivity contribution is 0.337. The molecule has 0 bridgehead atoms. The van der Waals surface area contributed by atoms with Crippen molar-refractivity contribution in [1.29, 1.82) is 0 Å². The summed E-state index contributed by atoms with van der Waals surface area (Å²) in [4.78, 5) is 16.9. The maximum absolute atomic E-state index is 12.7. The lowest BCUT2D eigenvalue weighted by Gasteiger charge is -2.09. The van der Waals surface area contributed by atoms with Crippen molar-refractivity contribution in [2.24, 2.45) is 0 Å². The van der Waals surface area contributed by atoms with Crippen LogP contribution < -0.4 is 10.3 Å². The third-order valence-electron chi connectivity index (χ3n) is 4.34. The van der Waals surface area contributed by atoms with E-state index in [4.69, 9.17) is 9.15 Å². The predicted molar refractivity (Wildman–Crippen MR) is 99.7 cm³/mol. The lowest BCUT2D eigenvalue weighted by Crippen LogP contribution is -2.21. The number of aromatic nitrogens is 2. The molecule has 26 heavy (non-hydrogen) atoms.